The molecule has 186 valence electrons. The van der Waals surface area contributed by atoms with Gasteiger partial charge in [-0.15, -0.1) is 11.8 Å². The first-order valence-electron chi connectivity index (χ1n) is 11.5. The average Bonchev–Trinajstić information content (AvgIpc) is 3.34. The minimum absolute atomic E-state index is 0.0269. The third-order valence-electron chi connectivity index (χ3n) is 5.89. The van der Waals surface area contributed by atoms with Crippen LogP contribution in [-0.2, 0) is 20.1 Å². The van der Waals surface area contributed by atoms with Gasteiger partial charge in [-0.2, -0.15) is 10.4 Å². The van der Waals surface area contributed by atoms with E-state index in [-0.39, 0.29) is 12.0 Å². The van der Waals surface area contributed by atoms with Crippen LogP contribution in [0.5, 0.6) is 0 Å². The van der Waals surface area contributed by atoms with Crippen LogP contribution in [0, 0.1) is 17.2 Å². The summed E-state index contributed by atoms with van der Waals surface area (Å²) in [6.07, 6.45) is 0.188. The number of anilines is 2. The number of ketones is 1. The number of amides is 2. The second kappa shape index (κ2) is 10.5. The van der Waals surface area contributed by atoms with E-state index in [9.17, 15) is 24.4 Å². The zero-order valence-electron chi connectivity index (χ0n) is 19.8. The third kappa shape index (κ3) is 4.70. The summed E-state index contributed by atoms with van der Waals surface area (Å²) in [6, 6.07) is 24.8. The summed E-state index contributed by atoms with van der Waals surface area (Å²) >= 11 is 1.46. The number of nitriles is 1. The molecule has 10 heteroatoms. The first-order chi connectivity index (χ1) is 18.5. The first-order valence-corrected chi connectivity index (χ1v) is 12.5. The van der Waals surface area contributed by atoms with E-state index >= 15 is 0 Å². The summed E-state index contributed by atoms with van der Waals surface area (Å²) in [5.41, 5.74) is 3.44. The van der Waals surface area contributed by atoms with Crippen LogP contribution in [-0.4, -0.2) is 33.7 Å². The highest BCUT2D eigenvalue weighted by molar-refractivity contribution is 7.98. The monoisotopic (exact) mass is 521 g/mol. The Labute approximate surface area is 221 Å². The van der Waals surface area contributed by atoms with Crippen molar-refractivity contribution in [3.05, 3.63) is 90.1 Å². The summed E-state index contributed by atoms with van der Waals surface area (Å²) in [5.74, 6) is -3.46. The van der Waals surface area contributed by atoms with Gasteiger partial charge in [0.1, 0.15) is 5.69 Å². The number of carbonyl (C=O) groups excluding carboxylic acids is 4. The van der Waals surface area contributed by atoms with Gasteiger partial charge < -0.3 is 10.6 Å². The topological polar surface area (TPSA) is 134 Å². The van der Waals surface area contributed by atoms with E-state index in [1.54, 1.807) is 47.1 Å². The van der Waals surface area contributed by atoms with Gasteiger partial charge in [-0.1, -0.05) is 36.4 Å². The molecule has 2 heterocycles. The van der Waals surface area contributed by atoms with Gasteiger partial charge in [0.05, 0.1) is 17.5 Å². The highest BCUT2D eigenvalue weighted by Crippen LogP contribution is 2.45. The Balaban J connectivity index is 1.60. The zero-order valence-corrected chi connectivity index (χ0v) is 20.6. The van der Waals surface area contributed by atoms with Gasteiger partial charge in [0.15, 0.2) is 5.92 Å². The molecular formula is C28H19N5O4S. The van der Waals surface area contributed by atoms with Crippen molar-refractivity contribution in [3.8, 4) is 23.0 Å². The van der Waals surface area contributed by atoms with Crippen LogP contribution in [0.4, 0.5) is 11.4 Å². The lowest BCUT2D eigenvalue weighted by atomic mass is 9.97. The SMILES string of the molecule is N#CC(C(=O)Nc1ccccc1)C(=O)c1nn(-c2ccccc2)c2c1CSc1ccc(NC(=O)C=O)cc1-2. The summed E-state index contributed by atoms with van der Waals surface area (Å²) < 4.78 is 1.61. The number of rotatable bonds is 7. The fourth-order valence-corrected chi connectivity index (χ4v) is 5.22. The fraction of sp³-hybridized carbons (Fsp3) is 0.0714. The minimum Gasteiger partial charge on any atom is -0.325 e. The number of carbonyl (C=O) groups is 4. The molecule has 38 heavy (non-hydrogen) atoms. The lowest BCUT2D eigenvalue weighted by Crippen LogP contribution is -2.29. The molecule has 0 bridgehead atoms. The Morgan fingerprint density at radius 3 is 2.37 bits per heavy atom. The molecule has 0 aliphatic carbocycles. The summed E-state index contributed by atoms with van der Waals surface area (Å²) in [4.78, 5) is 49.9. The van der Waals surface area contributed by atoms with Crippen molar-refractivity contribution < 1.29 is 19.2 Å². The maximum Gasteiger partial charge on any atom is 0.288 e. The number of benzene rings is 3. The molecule has 2 N–H and O–H groups in total. The largest absolute Gasteiger partial charge is 0.325 e. The number of fused-ring (bicyclic) bond motifs is 3. The molecule has 0 spiro atoms. The number of nitrogens with one attached hydrogen (secondary N) is 2. The van der Waals surface area contributed by atoms with Crippen molar-refractivity contribution >= 4 is 47.0 Å². The molecule has 4 aromatic rings. The Hall–Kier alpha value is -5.01. The molecule has 9 nitrogen and oxygen atoms in total. The van der Waals surface area contributed by atoms with Gasteiger partial charge in [0.2, 0.25) is 18.0 Å². The number of thioether (sulfide) groups is 1. The van der Waals surface area contributed by atoms with Crippen LogP contribution in [0.3, 0.4) is 0 Å². The van der Waals surface area contributed by atoms with Crippen LogP contribution in [0.15, 0.2) is 83.8 Å². The van der Waals surface area contributed by atoms with E-state index in [1.807, 2.05) is 42.5 Å². The highest BCUT2D eigenvalue weighted by Gasteiger charge is 2.35. The summed E-state index contributed by atoms with van der Waals surface area (Å²) in [7, 11) is 0. The second-order valence-corrected chi connectivity index (χ2v) is 9.33. The van der Waals surface area contributed by atoms with Crippen molar-refractivity contribution in [3.63, 3.8) is 0 Å². The van der Waals surface area contributed by atoms with Crippen molar-refractivity contribution in [1.82, 2.24) is 9.78 Å². The fourth-order valence-electron chi connectivity index (χ4n) is 4.17. The Kier molecular flexibility index (Phi) is 6.84. The third-order valence-corrected chi connectivity index (χ3v) is 6.99. The quantitative estimate of drug-likeness (QED) is 0.161. The molecule has 1 aliphatic rings. The number of aromatic nitrogens is 2. The van der Waals surface area contributed by atoms with Gasteiger partial charge in [0, 0.05) is 33.2 Å². The lowest BCUT2D eigenvalue weighted by Gasteiger charge is -2.19. The van der Waals surface area contributed by atoms with Crippen molar-refractivity contribution in [2.45, 2.75) is 10.6 Å². The van der Waals surface area contributed by atoms with Crippen LogP contribution in [0.25, 0.3) is 16.9 Å². The molecule has 1 aromatic heterocycles. The van der Waals surface area contributed by atoms with Crippen LogP contribution >= 0.6 is 11.8 Å². The van der Waals surface area contributed by atoms with Crippen molar-refractivity contribution in [2.24, 2.45) is 5.92 Å². The normalized spacial score (nSPS) is 12.3. The van der Waals surface area contributed by atoms with E-state index in [0.29, 0.717) is 39.6 Å². The van der Waals surface area contributed by atoms with Crippen molar-refractivity contribution in [2.75, 3.05) is 10.6 Å². The number of hydrogen-bond donors (Lipinski definition) is 2. The molecular weight excluding hydrogens is 502 g/mol. The van der Waals surface area contributed by atoms with E-state index in [2.05, 4.69) is 15.7 Å². The van der Waals surface area contributed by atoms with Gasteiger partial charge in [-0.25, -0.2) is 4.68 Å². The molecule has 1 atom stereocenters. The number of nitrogens with zero attached hydrogens (tertiary/aromatic N) is 3. The second-order valence-electron chi connectivity index (χ2n) is 8.31. The molecule has 1 unspecified atom stereocenters. The zero-order chi connectivity index (χ0) is 26.6. The summed E-state index contributed by atoms with van der Waals surface area (Å²) in [5, 5.41) is 19.5. The molecule has 0 saturated carbocycles. The van der Waals surface area contributed by atoms with Gasteiger partial charge >= 0.3 is 0 Å². The molecule has 0 radical (unpaired) electrons. The van der Waals surface area contributed by atoms with E-state index in [0.717, 1.165) is 4.90 Å². The van der Waals surface area contributed by atoms with Crippen LogP contribution in [0.2, 0.25) is 0 Å². The van der Waals surface area contributed by atoms with Crippen molar-refractivity contribution in [1.29, 1.82) is 5.26 Å². The molecule has 0 fully saturated rings. The number of aldehydes is 1. The molecule has 1 aliphatic heterocycles. The average molecular weight is 522 g/mol. The maximum atomic E-state index is 13.6. The highest BCUT2D eigenvalue weighted by atomic mass is 32.2. The maximum absolute atomic E-state index is 13.6. The smallest absolute Gasteiger partial charge is 0.288 e. The van der Waals surface area contributed by atoms with E-state index < -0.39 is 23.5 Å². The van der Waals surface area contributed by atoms with Gasteiger partial charge in [-0.05, 0) is 42.5 Å². The molecule has 0 saturated heterocycles. The van der Waals surface area contributed by atoms with E-state index in [1.165, 1.54) is 11.8 Å². The Bertz CT molecular complexity index is 1610. The predicted molar refractivity (Wildman–Crippen MR) is 142 cm³/mol. The molecule has 3 aromatic carbocycles. The van der Waals surface area contributed by atoms with Crippen LogP contribution < -0.4 is 10.6 Å². The Morgan fingerprint density at radius 1 is 0.974 bits per heavy atom. The number of Topliss-reactive ketones (excluding diaryl/α,β-unsaturated/α-hetero) is 1. The van der Waals surface area contributed by atoms with Gasteiger partial charge in [-0.3, -0.25) is 19.2 Å². The molecule has 5 rings (SSSR count). The van der Waals surface area contributed by atoms with Crippen LogP contribution in [0.1, 0.15) is 16.1 Å². The number of para-hydroxylation sites is 2. The van der Waals surface area contributed by atoms with Gasteiger partial charge in [0.25, 0.3) is 5.91 Å². The summed E-state index contributed by atoms with van der Waals surface area (Å²) in [6.45, 7) is 0. The first kappa shape index (κ1) is 24.7. The number of hydrogen-bond acceptors (Lipinski definition) is 7. The Morgan fingerprint density at radius 2 is 1.68 bits per heavy atom. The molecule has 2 amide bonds. The minimum atomic E-state index is -1.61. The predicted octanol–water partition coefficient (Wildman–Crippen LogP) is 4.24. The lowest BCUT2D eigenvalue weighted by molar-refractivity contribution is -0.127. The standard InChI is InChI=1S/C28H19N5O4S/c29-14-21(28(37)31-17-7-3-1-4-8-17)27(36)25-22-16-38-23-12-11-18(30-24(35)15-34)13-20(23)26(22)33(32-25)19-9-5-2-6-10-19/h1-13,15,21H,16H2,(H,30,35)(H,31,37). The van der Waals surface area contributed by atoms with E-state index in [4.69, 9.17) is 0 Å².